The summed E-state index contributed by atoms with van der Waals surface area (Å²) < 4.78 is 11.8. The predicted octanol–water partition coefficient (Wildman–Crippen LogP) is 3.22. The van der Waals surface area contributed by atoms with E-state index in [1.54, 1.807) is 36.7 Å². The number of carbonyl (C=O) groups excluding carboxylic acids is 4. The molecular weight excluding hydrogens is 396 g/mol. The zero-order valence-corrected chi connectivity index (χ0v) is 17.0. The molecule has 0 unspecified atom stereocenters. The molecule has 2 aromatic rings. The van der Waals surface area contributed by atoms with Gasteiger partial charge < -0.3 is 19.4 Å². The Hall–Kier alpha value is -3.20. The number of hydrogen-bond acceptors (Lipinski definition) is 7. The van der Waals surface area contributed by atoms with Gasteiger partial charge in [0.1, 0.15) is 16.5 Å². The van der Waals surface area contributed by atoms with Crippen molar-refractivity contribution in [3.8, 4) is 0 Å². The highest BCUT2D eigenvalue weighted by atomic mass is 32.1. The van der Waals surface area contributed by atoms with Crippen LogP contribution < -0.4 is 5.32 Å². The van der Waals surface area contributed by atoms with Crippen LogP contribution in [-0.4, -0.2) is 41.9 Å². The van der Waals surface area contributed by atoms with Crippen molar-refractivity contribution in [2.45, 2.75) is 26.8 Å². The largest absolute Gasteiger partial charge is 0.462 e. The monoisotopic (exact) mass is 418 g/mol. The smallest absolute Gasteiger partial charge is 0.348 e. The van der Waals surface area contributed by atoms with Gasteiger partial charge in [-0.1, -0.05) is 12.7 Å². The molecule has 9 heteroatoms. The van der Waals surface area contributed by atoms with Gasteiger partial charge in [-0.15, -0.1) is 11.3 Å². The third kappa shape index (κ3) is 5.41. The number of nitrogens with zero attached hydrogens (tertiary/aromatic N) is 1. The molecule has 0 bridgehead atoms. The van der Waals surface area contributed by atoms with Crippen molar-refractivity contribution in [1.29, 1.82) is 0 Å². The Morgan fingerprint density at radius 3 is 2.69 bits per heavy atom. The van der Waals surface area contributed by atoms with Gasteiger partial charge in [0.2, 0.25) is 5.91 Å². The van der Waals surface area contributed by atoms with Crippen LogP contribution in [0.25, 0.3) is 0 Å². The lowest BCUT2D eigenvalue weighted by molar-refractivity contribution is -0.116. The van der Waals surface area contributed by atoms with Crippen molar-refractivity contribution in [2.75, 3.05) is 18.5 Å². The molecule has 0 atom stereocenters. The van der Waals surface area contributed by atoms with Crippen LogP contribution in [0.2, 0.25) is 0 Å². The van der Waals surface area contributed by atoms with Crippen molar-refractivity contribution in [3.05, 3.63) is 52.7 Å². The molecular formula is C20H22N2O6S. The SMILES string of the molecule is C=CCOC(=O)c1sc(NC(=O)CCn2cccc2C=O)c(C(=O)OCC)c1C. The van der Waals surface area contributed by atoms with Crippen LogP contribution in [-0.2, 0) is 20.8 Å². The third-order valence-corrected chi connectivity index (χ3v) is 5.15. The van der Waals surface area contributed by atoms with Crippen LogP contribution in [0.15, 0.2) is 31.0 Å². The zero-order chi connectivity index (χ0) is 21.4. The third-order valence-electron chi connectivity index (χ3n) is 3.96. The Morgan fingerprint density at radius 2 is 2.03 bits per heavy atom. The second kappa shape index (κ2) is 10.4. The second-order valence-electron chi connectivity index (χ2n) is 5.91. The molecule has 0 aromatic carbocycles. The van der Waals surface area contributed by atoms with Crippen LogP contribution in [0.4, 0.5) is 5.00 Å². The molecule has 8 nitrogen and oxygen atoms in total. The fourth-order valence-corrected chi connectivity index (χ4v) is 3.70. The van der Waals surface area contributed by atoms with E-state index in [1.807, 2.05) is 0 Å². The first-order valence-corrected chi connectivity index (χ1v) is 9.73. The van der Waals surface area contributed by atoms with Gasteiger partial charge in [-0.3, -0.25) is 9.59 Å². The average Bonchev–Trinajstić information content (AvgIpc) is 3.28. The molecule has 2 aromatic heterocycles. The minimum absolute atomic E-state index is 0.0303. The maximum atomic E-state index is 12.4. The van der Waals surface area contributed by atoms with Gasteiger partial charge in [0.15, 0.2) is 6.29 Å². The van der Waals surface area contributed by atoms with Crippen LogP contribution in [0.5, 0.6) is 0 Å². The normalized spacial score (nSPS) is 10.3. The number of hydrogen-bond donors (Lipinski definition) is 1. The van der Waals surface area contributed by atoms with E-state index in [9.17, 15) is 19.2 Å². The molecule has 1 amide bonds. The molecule has 0 aliphatic rings. The van der Waals surface area contributed by atoms with Crippen molar-refractivity contribution in [3.63, 3.8) is 0 Å². The number of aromatic nitrogens is 1. The predicted molar refractivity (Wildman–Crippen MR) is 109 cm³/mol. The van der Waals surface area contributed by atoms with Gasteiger partial charge >= 0.3 is 11.9 Å². The highest BCUT2D eigenvalue weighted by Gasteiger charge is 2.27. The number of thiophene rings is 1. The average molecular weight is 418 g/mol. The lowest BCUT2D eigenvalue weighted by Crippen LogP contribution is -2.17. The van der Waals surface area contributed by atoms with Crippen LogP contribution in [0.3, 0.4) is 0 Å². The summed E-state index contributed by atoms with van der Waals surface area (Å²) in [5.41, 5.74) is 0.973. The molecule has 2 heterocycles. The Bertz CT molecular complexity index is 928. The summed E-state index contributed by atoms with van der Waals surface area (Å²) in [4.78, 5) is 48.2. The van der Waals surface area contributed by atoms with E-state index in [0.717, 1.165) is 11.3 Å². The summed E-state index contributed by atoms with van der Waals surface area (Å²) in [6, 6.07) is 3.36. The number of rotatable bonds is 10. The van der Waals surface area contributed by atoms with E-state index in [1.165, 1.54) is 6.08 Å². The maximum Gasteiger partial charge on any atom is 0.348 e. The highest BCUT2D eigenvalue weighted by molar-refractivity contribution is 7.18. The van der Waals surface area contributed by atoms with Crippen LogP contribution >= 0.6 is 11.3 Å². The number of aldehydes is 1. The van der Waals surface area contributed by atoms with Crippen LogP contribution in [0.1, 0.15) is 49.4 Å². The summed E-state index contributed by atoms with van der Waals surface area (Å²) in [5.74, 6) is -1.61. The van der Waals surface area contributed by atoms with Gasteiger partial charge in [-0.25, -0.2) is 9.59 Å². The fraction of sp³-hybridized carbons (Fsp3) is 0.300. The Balaban J connectivity index is 2.21. The van der Waals surface area contributed by atoms with E-state index in [-0.39, 0.29) is 41.0 Å². The molecule has 2 rings (SSSR count). The van der Waals surface area contributed by atoms with E-state index in [0.29, 0.717) is 24.1 Å². The van der Waals surface area contributed by atoms with Gasteiger partial charge in [0, 0.05) is 19.2 Å². The highest BCUT2D eigenvalue weighted by Crippen LogP contribution is 2.34. The van der Waals surface area contributed by atoms with Gasteiger partial charge in [-0.05, 0) is 31.5 Å². The zero-order valence-electron chi connectivity index (χ0n) is 16.2. The minimum atomic E-state index is -0.632. The minimum Gasteiger partial charge on any atom is -0.462 e. The standard InChI is InChI=1S/C20H22N2O6S/c1-4-11-28-20(26)17-13(3)16(19(25)27-5-2)18(29-17)21-15(24)8-10-22-9-6-7-14(22)12-23/h4,6-7,9,12H,1,5,8,10-11H2,2-3H3,(H,21,24). The Morgan fingerprint density at radius 1 is 1.28 bits per heavy atom. The Kier molecular flexibility index (Phi) is 7.90. The number of carbonyl (C=O) groups is 4. The first kappa shape index (κ1) is 22.1. The van der Waals surface area contributed by atoms with Gasteiger partial charge in [0.05, 0.1) is 17.9 Å². The Labute approximate surface area is 172 Å². The topological polar surface area (TPSA) is 104 Å². The molecule has 0 radical (unpaired) electrons. The summed E-state index contributed by atoms with van der Waals surface area (Å²) in [6.07, 6.45) is 3.92. The van der Waals surface area contributed by atoms with Crippen molar-refractivity contribution in [2.24, 2.45) is 0 Å². The van der Waals surface area contributed by atoms with E-state index in [4.69, 9.17) is 9.47 Å². The van der Waals surface area contributed by atoms with E-state index >= 15 is 0 Å². The summed E-state index contributed by atoms with van der Waals surface area (Å²) in [6.45, 7) is 7.23. The molecule has 1 N–H and O–H groups in total. The molecule has 0 aliphatic heterocycles. The van der Waals surface area contributed by atoms with Crippen LogP contribution in [0, 0.1) is 6.92 Å². The molecule has 0 aliphatic carbocycles. The molecule has 0 saturated carbocycles. The first-order valence-electron chi connectivity index (χ1n) is 8.91. The number of aryl methyl sites for hydroxylation is 1. The number of ether oxygens (including phenoxy) is 2. The molecule has 0 saturated heterocycles. The number of amides is 1. The van der Waals surface area contributed by atoms with E-state index in [2.05, 4.69) is 11.9 Å². The quantitative estimate of drug-likeness (QED) is 0.361. The summed E-state index contributed by atoms with van der Waals surface area (Å²) in [5, 5.41) is 2.89. The molecule has 29 heavy (non-hydrogen) atoms. The van der Waals surface area contributed by atoms with Crippen molar-refractivity contribution < 1.29 is 28.7 Å². The second-order valence-corrected chi connectivity index (χ2v) is 6.93. The van der Waals surface area contributed by atoms with Gasteiger partial charge in [0.25, 0.3) is 0 Å². The lowest BCUT2D eigenvalue weighted by Gasteiger charge is -2.08. The first-order chi connectivity index (χ1) is 13.9. The molecule has 0 spiro atoms. The summed E-state index contributed by atoms with van der Waals surface area (Å²) in [7, 11) is 0. The maximum absolute atomic E-state index is 12.4. The van der Waals surface area contributed by atoms with Crippen molar-refractivity contribution in [1.82, 2.24) is 4.57 Å². The molecule has 154 valence electrons. The lowest BCUT2D eigenvalue weighted by atomic mass is 10.1. The number of nitrogens with one attached hydrogen (secondary N) is 1. The molecule has 0 fully saturated rings. The van der Waals surface area contributed by atoms with Crippen molar-refractivity contribution >= 4 is 40.5 Å². The summed E-state index contributed by atoms with van der Waals surface area (Å²) >= 11 is 0.954. The van der Waals surface area contributed by atoms with Gasteiger partial charge in [-0.2, -0.15) is 0 Å². The fourth-order valence-electron chi connectivity index (χ4n) is 2.59. The number of esters is 2. The van der Waals surface area contributed by atoms with E-state index < -0.39 is 11.9 Å². The number of anilines is 1.